The van der Waals surface area contributed by atoms with Crippen LogP contribution in [0.5, 0.6) is 0 Å². The third-order valence-corrected chi connectivity index (χ3v) is 3.64. The van der Waals surface area contributed by atoms with E-state index in [0.29, 0.717) is 5.02 Å². The lowest BCUT2D eigenvalue weighted by Gasteiger charge is -2.21. The van der Waals surface area contributed by atoms with Crippen molar-refractivity contribution in [3.05, 3.63) is 59.6 Å². The van der Waals surface area contributed by atoms with Crippen molar-refractivity contribution in [3.8, 4) is 11.3 Å². The van der Waals surface area contributed by atoms with Gasteiger partial charge in [-0.1, -0.05) is 41.9 Å². The minimum Gasteiger partial charge on any atom is -0.443 e. The number of fused-ring (bicyclic) bond motifs is 1. The molecule has 0 aliphatic rings. The van der Waals surface area contributed by atoms with E-state index in [9.17, 15) is 4.79 Å². The number of para-hydroxylation sites is 1. The molecule has 0 bridgehead atoms. The second-order valence-corrected chi connectivity index (χ2v) is 6.85. The van der Waals surface area contributed by atoms with Crippen molar-refractivity contribution in [3.63, 3.8) is 0 Å². The molecule has 4 heteroatoms. The molecule has 3 nitrogen and oxygen atoms in total. The predicted octanol–water partition coefficient (Wildman–Crippen LogP) is 5.74. The SMILES string of the molecule is CC(C)(C)OC(=O)n1c(-c2cccc(Cl)c2)cc2ccccc21. The number of ether oxygens (including phenoxy) is 1. The molecular formula is C19H18ClNO2. The van der Waals surface area contributed by atoms with Gasteiger partial charge in [0.15, 0.2) is 0 Å². The van der Waals surface area contributed by atoms with Crippen LogP contribution in [0.25, 0.3) is 22.2 Å². The molecule has 0 saturated carbocycles. The van der Waals surface area contributed by atoms with Crippen LogP contribution in [-0.4, -0.2) is 16.3 Å². The van der Waals surface area contributed by atoms with E-state index in [1.807, 2.05) is 75.4 Å². The molecule has 0 spiro atoms. The van der Waals surface area contributed by atoms with Crippen molar-refractivity contribution in [1.82, 2.24) is 4.57 Å². The Kier molecular flexibility index (Phi) is 3.90. The van der Waals surface area contributed by atoms with Crippen molar-refractivity contribution in [2.75, 3.05) is 0 Å². The zero-order chi connectivity index (χ0) is 16.6. The summed E-state index contributed by atoms with van der Waals surface area (Å²) in [5.74, 6) is 0. The Balaban J connectivity index is 2.21. The highest BCUT2D eigenvalue weighted by Gasteiger charge is 2.22. The number of aromatic nitrogens is 1. The van der Waals surface area contributed by atoms with Gasteiger partial charge in [0.1, 0.15) is 5.60 Å². The number of rotatable bonds is 1. The lowest BCUT2D eigenvalue weighted by atomic mass is 10.1. The maximum atomic E-state index is 12.7. The highest BCUT2D eigenvalue weighted by molar-refractivity contribution is 6.30. The summed E-state index contributed by atoms with van der Waals surface area (Å²) >= 11 is 6.11. The van der Waals surface area contributed by atoms with Crippen molar-refractivity contribution >= 4 is 28.6 Å². The quantitative estimate of drug-likeness (QED) is 0.570. The van der Waals surface area contributed by atoms with E-state index in [2.05, 4.69) is 0 Å². The predicted molar refractivity (Wildman–Crippen MR) is 94.0 cm³/mol. The molecule has 2 aromatic carbocycles. The largest absolute Gasteiger partial charge is 0.443 e. The molecule has 23 heavy (non-hydrogen) atoms. The van der Waals surface area contributed by atoms with Crippen LogP contribution in [0, 0.1) is 0 Å². The molecule has 0 radical (unpaired) electrons. The molecular weight excluding hydrogens is 310 g/mol. The lowest BCUT2D eigenvalue weighted by molar-refractivity contribution is 0.0547. The first-order valence-electron chi connectivity index (χ1n) is 7.45. The number of nitrogens with zero attached hydrogens (tertiary/aromatic N) is 1. The van der Waals surface area contributed by atoms with Gasteiger partial charge < -0.3 is 4.74 Å². The zero-order valence-electron chi connectivity index (χ0n) is 13.3. The van der Waals surface area contributed by atoms with Crippen molar-refractivity contribution in [2.24, 2.45) is 0 Å². The molecule has 1 aromatic heterocycles. The van der Waals surface area contributed by atoms with Gasteiger partial charge in [-0.25, -0.2) is 9.36 Å². The highest BCUT2D eigenvalue weighted by atomic mass is 35.5. The standard InChI is InChI=1S/C19H18ClNO2/c1-19(2,3)23-18(22)21-16-10-5-4-7-14(16)12-17(21)13-8-6-9-15(20)11-13/h4-12H,1-3H3. The molecule has 0 fully saturated rings. The summed E-state index contributed by atoms with van der Waals surface area (Å²) in [7, 11) is 0. The van der Waals surface area contributed by atoms with Gasteiger partial charge in [0.05, 0.1) is 11.2 Å². The van der Waals surface area contributed by atoms with Crippen LogP contribution in [0.3, 0.4) is 0 Å². The highest BCUT2D eigenvalue weighted by Crippen LogP contribution is 2.30. The molecule has 0 aliphatic heterocycles. The van der Waals surface area contributed by atoms with Gasteiger partial charge in [-0.2, -0.15) is 0 Å². The number of hydrogen-bond donors (Lipinski definition) is 0. The third-order valence-electron chi connectivity index (χ3n) is 3.41. The Morgan fingerprint density at radius 3 is 2.48 bits per heavy atom. The fourth-order valence-corrected chi connectivity index (χ4v) is 2.71. The molecule has 1 heterocycles. The van der Waals surface area contributed by atoms with Crippen LogP contribution in [0.15, 0.2) is 54.6 Å². The van der Waals surface area contributed by atoms with Gasteiger partial charge in [-0.05, 0) is 45.0 Å². The molecule has 3 rings (SSSR count). The summed E-state index contributed by atoms with van der Waals surface area (Å²) in [4.78, 5) is 12.7. The van der Waals surface area contributed by atoms with Crippen LogP contribution in [0.4, 0.5) is 4.79 Å². The molecule has 3 aromatic rings. The van der Waals surface area contributed by atoms with E-state index in [-0.39, 0.29) is 0 Å². The first kappa shape index (κ1) is 15.6. The van der Waals surface area contributed by atoms with Gasteiger partial charge in [-0.3, -0.25) is 0 Å². The fraction of sp³-hybridized carbons (Fsp3) is 0.211. The van der Waals surface area contributed by atoms with Crippen molar-refractivity contribution in [2.45, 2.75) is 26.4 Å². The van der Waals surface area contributed by atoms with Crippen molar-refractivity contribution < 1.29 is 9.53 Å². The van der Waals surface area contributed by atoms with E-state index >= 15 is 0 Å². The smallest absolute Gasteiger partial charge is 0.419 e. The number of hydrogen-bond acceptors (Lipinski definition) is 2. The van der Waals surface area contributed by atoms with Crippen LogP contribution in [0.2, 0.25) is 5.02 Å². The van der Waals surface area contributed by atoms with Crippen LogP contribution < -0.4 is 0 Å². The Hall–Kier alpha value is -2.26. The van der Waals surface area contributed by atoms with Gasteiger partial charge in [-0.15, -0.1) is 0 Å². The van der Waals surface area contributed by atoms with E-state index in [0.717, 1.165) is 22.2 Å². The maximum absolute atomic E-state index is 12.7. The van der Waals surface area contributed by atoms with Crippen LogP contribution in [0.1, 0.15) is 20.8 Å². The summed E-state index contributed by atoms with van der Waals surface area (Å²) in [5.41, 5.74) is 1.90. The third kappa shape index (κ3) is 3.25. The Bertz CT molecular complexity index is 874. The summed E-state index contributed by atoms with van der Waals surface area (Å²) in [6, 6.07) is 17.2. The monoisotopic (exact) mass is 327 g/mol. The van der Waals surface area contributed by atoms with Crippen LogP contribution >= 0.6 is 11.6 Å². The second kappa shape index (κ2) is 5.74. The molecule has 0 amide bonds. The fourth-order valence-electron chi connectivity index (χ4n) is 2.52. The molecule has 118 valence electrons. The topological polar surface area (TPSA) is 31.2 Å². The van der Waals surface area contributed by atoms with E-state index in [1.54, 1.807) is 4.57 Å². The maximum Gasteiger partial charge on any atom is 0.419 e. The summed E-state index contributed by atoms with van der Waals surface area (Å²) in [6.07, 6.45) is -0.395. The number of carbonyl (C=O) groups is 1. The molecule has 0 N–H and O–H groups in total. The minimum atomic E-state index is -0.561. The van der Waals surface area contributed by atoms with Crippen molar-refractivity contribution in [1.29, 1.82) is 0 Å². The normalized spacial score (nSPS) is 11.7. The van der Waals surface area contributed by atoms with E-state index in [1.165, 1.54) is 0 Å². The Morgan fingerprint density at radius 2 is 1.78 bits per heavy atom. The number of carbonyl (C=O) groups excluding carboxylic acids is 1. The van der Waals surface area contributed by atoms with Gasteiger partial charge in [0.25, 0.3) is 0 Å². The van der Waals surface area contributed by atoms with E-state index in [4.69, 9.17) is 16.3 Å². The molecule has 0 saturated heterocycles. The molecule has 0 aliphatic carbocycles. The van der Waals surface area contributed by atoms with Gasteiger partial charge in [0.2, 0.25) is 0 Å². The Morgan fingerprint density at radius 1 is 1.04 bits per heavy atom. The lowest BCUT2D eigenvalue weighted by Crippen LogP contribution is -2.27. The summed E-state index contributed by atoms with van der Waals surface area (Å²) in [6.45, 7) is 5.57. The molecule has 0 unspecified atom stereocenters. The average Bonchev–Trinajstić information content (AvgIpc) is 2.85. The molecule has 0 atom stereocenters. The summed E-state index contributed by atoms with van der Waals surface area (Å²) < 4.78 is 7.18. The average molecular weight is 328 g/mol. The minimum absolute atomic E-state index is 0.395. The first-order chi connectivity index (χ1) is 10.8. The van der Waals surface area contributed by atoms with Gasteiger partial charge in [0, 0.05) is 16.0 Å². The summed E-state index contributed by atoms with van der Waals surface area (Å²) in [5, 5.41) is 1.61. The second-order valence-electron chi connectivity index (χ2n) is 6.41. The van der Waals surface area contributed by atoms with Crippen LogP contribution in [-0.2, 0) is 4.74 Å². The Labute approximate surface area is 140 Å². The van der Waals surface area contributed by atoms with Gasteiger partial charge >= 0.3 is 6.09 Å². The zero-order valence-corrected chi connectivity index (χ0v) is 14.1. The number of benzene rings is 2. The number of halogens is 1. The van der Waals surface area contributed by atoms with E-state index < -0.39 is 11.7 Å². The first-order valence-corrected chi connectivity index (χ1v) is 7.83.